The maximum absolute atomic E-state index is 13.5. The minimum atomic E-state index is -0.252. The topological polar surface area (TPSA) is 12.0 Å². The lowest BCUT2D eigenvalue weighted by Crippen LogP contribution is -2.23. The Morgan fingerprint density at radius 3 is 2.38 bits per heavy atom. The Morgan fingerprint density at radius 1 is 1.10 bits per heavy atom. The molecule has 0 saturated heterocycles. The van der Waals surface area contributed by atoms with Gasteiger partial charge in [-0.3, -0.25) is 0 Å². The molecule has 0 radical (unpaired) electrons. The van der Waals surface area contributed by atoms with Gasteiger partial charge in [-0.25, -0.2) is 4.39 Å². The molecule has 21 heavy (non-hydrogen) atoms. The third-order valence-electron chi connectivity index (χ3n) is 3.51. The number of nitrogens with one attached hydrogen (secondary N) is 1. The van der Waals surface area contributed by atoms with E-state index in [1.165, 1.54) is 28.8 Å². The summed E-state index contributed by atoms with van der Waals surface area (Å²) in [6.07, 6.45) is 0.791. The fourth-order valence-electron chi connectivity index (χ4n) is 2.74. The van der Waals surface area contributed by atoms with E-state index in [4.69, 9.17) is 11.6 Å². The van der Waals surface area contributed by atoms with Crippen LogP contribution in [0.5, 0.6) is 0 Å². The van der Waals surface area contributed by atoms with Gasteiger partial charge in [0.25, 0.3) is 0 Å². The summed E-state index contributed by atoms with van der Waals surface area (Å²) in [4.78, 5) is 0. The third kappa shape index (κ3) is 4.29. The van der Waals surface area contributed by atoms with Crippen molar-refractivity contribution in [2.75, 3.05) is 6.54 Å². The highest BCUT2D eigenvalue weighted by molar-refractivity contribution is 6.31. The molecule has 3 heteroatoms. The van der Waals surface area contributed by atoms with Crippen LogP contribution in [-0.2, 0) is 6.42 Å². The Labute approximate surface area is 131 Å². The largest absolute Gasteiger partial charge is 0.310 e. The van der Waals surface area contributed by atoms with Crippen molar-refractivity contribution in [2.24, 2.45) is 0 Å². The Hall–Kier alpha value is -1.38. The van der Waals surface area contributed by atoms with Gasteiger partial charge < -0.3 is 5.32 Å². The summed E-state index contributed by atoms with van der Waals surface area (Å²) in [5.74, 6) is -0.252. The molecule has 0 aliphatic carbocycles. The number of hydrogen-bond acceptors (Lipinski definition) is 1. The van der Waals surface area contributed by atoms with Gasteiger partial charge in [0.2, 0.25) is 0 Å². The van der Waals surface area contributed by atoms with Crippen LogP contribution < -0.4 is 5.32 Å². The zero-order chi connectivity index (χ0) is 15.4. The first-order valence-electron chi connectivity index (χ1n) is 7.25. The molecule has 0 saturated carbocycles. The lowest BCUT2D eigenvalue weighted by molar-refractivity contribution is 0.542. The molecule has 2 aromatic rings. The van der Waals surface area contributed by atoms with E-state index in [2.05, 4.69) is 37.4 Å². The van der Waals surface area contributed by atoms with Crippen LogP contribution >= 0.6 is 11.6 Å². The van der Waals surface area contributed by atoms with Gasteiger partial charge in [0.15, 0.2) is 0 Å². The van der Waals surface area contributed by atoms with E-state index in [0.717, 1.165) is 18.5 Å². The second-order valence-corrected chi connectivity index (χ2v) is 5.88. The summed E-state index contributed by atoms with van der Waals surface area (Å²) in [6, 6.07) is 11.1. The van der Waals surface area contributed by atoms with Crippen molar-refractivity contribution in [3.05, 3.63) is 69.5 Å². The molecule has 0 amide bonds. The summed E-state index contributed by atoms with van der Waals surface area (Å²) in [5.41, 5.74) is 4.53. The van der Waals surface area contributed by atoms with Gasteiger partial charge in [0.1, 0.15) is 5.82 Å². The van der Waals surface area contributed by atoms with Crippen LogP contribution in [0.15, 0.2) is 36.4 Å². The molecule has 1 atom stereocenters. The molecule has 1 N–H and O–H groups in total. The van der Waals surface area contributed by atoms with Gasteiger partial charge in [-0.1, -0.05) is 47.9 Å². The second-order valence-electron chi connectivity index (χ2n) is 5.48. The molecule has 2 rings (SSSR count). The fourth-order valence-corrected chi connectivity index (χ4v) is 2.99. The average Bonchev–Trinajstić information content (AvgIpc) is 2.40. The zero-order valence-electron chi connectivity index (χ0n) is 12.7. The Kier molecular flexibility index (Phi) is 5.38. The first-order chi connectivity index (χ1) is 9.99. The van der Waals surface area contributed by atoms with Crippen molar-refractivity contribution in [2.45, 2.75) is 33.2 Å². The molecule has 0 heterocycles. The van der Waals surface area contributed by atoms with E-state index in [0.29, 0.717) is 5.02 Å². The molecule has 0 aliphatic rings. The fraction of sp³-hybridized carbons (Fsp3) is 0.333. The zero-order valence-corrected chi connectivity index (χ0v) is 13.5. The normalized spacial score (nSPS) is 12.4. The van der Waals surface area contributed by atoms with Crippen molar-refractivity contribution < 1.29 is 4.39 Å². The Balaban J connectivity index is 2.32. The van der Waals surface area contributed by atoms with Gasteiger partial charge in [-0.2, -0.15) is 0 Å². The number of halogens is 2. The Bertz CT molecular complexity index is 604. The second kappa shape index (κ2) is 7.06. The molecule has 1 nitrogen and oxygen atoms in total. The SMILES string of the molecule is CCNC(Cc1cc(C)cc(C)c1)c1cc(F)ccc1Cl. The maximum Gasteiger partial charge on any atom is 0.123 e. The lowest BCUT2D eigenvalue weighted by atomic mass is 9.96. The first-order valence-corrected chi connectivity index (χ1v) is 7.63. The van der Waals surface area contributed by atoms with Crippen molar-refractivity contribution in [3.8, 4) is 0 Å². The highest BCUT2D eigenvalue weighted by atomic mass is 35.5. The van der Waals surface area contributed by atoms with Gasteiger partial charge in [-0.05, 0) is 56.1 Å². The summed E-state index contributed by atoms with van der Waals surface area (Å²) in [5, 5.41) is 4.01. The number of hydrogen-bond donors (Lipinski definition) is 1. The first kappa shape index (κ1) is 16.0. The molecule has 0 aliphatic heterocycles. The monoisotopic (exact) mass is 305 g/mol. The predicted molar refractivity (Wildman–Crippen MR) is 87.4 cm³/mol. The number of likely N-dealkylation sites (N-methyl/N-ethyl adjacent to an activating group) is 1. The van der Waals surface area contributed by atoms with Crippen molar-refractivity contribution in [1.29, 1.82) is 0 Å². The van der Waals surface area contributed by atoms with E-state index in [1.54, 1.807) is 6.07 Å². The van der Waals surface area contributed by atoms with Crippen molar-refractivity contribution >= 4 is 11.6 Å². The molecule has 1 unspecified atom stereocenters. The van der Waals surface area contributed by atoms with Crippen LogP contribution in [0.25, 0.3) is 0 Å². The molecule has 112 valence electrons. The van der Waals surface area contributed by atoms with Crippen LogP contribution in [0.3, 0.4) is 0 Å². The minimum absolute atomic E-state index is 0.0133. The lowest BCUT2D eigenvalue weighted by Gasteiger charge is -2.20. The standard InChI is InChI=1S/C18H21ClFN/c1-4-21-18(16-11-15(20)5-6-17(16)19)10-14-8-12(2)7-13(3)9-14/h5-9,11,18,21H,4,10H2,1-3H3. The van der Waals surface area contributed by atoms with Gasteiger partial charge in [0.05, 0.1) is 0 Å². The molecule has 0 spiro atoms. The van der Waals surface area contributed by atoms with Crippen molar-refractivity contribution in [3.63, 3.8) is 0 Å². The van der Waals surface area contributed by atoms with Crippen LogP contribution in [0.1, 0.15) is 35.2 Å². The summed E-state index contributed by atoms with van der Waals surface area (Å²) in [7, 11) is 0. The quantitative estimate of drug-likeness (QED) is 0.820. The van der Waals surface area contributed by atoms with Gasteiger partial charge in [0, 0.05) is 11.1 Å². The van der Waals surface area contributed by atoms with Crippen molar-refractivity contribution in [1.82, 2.24) is 5.32 Å². The molecule has 2 aromatic carbocycles. The van der Waals surface area contributed by atoms with Crippen LogP contribution in [0.2, 0.25) is 5.02 Å². The molecule has 0 fully saturated rings. The van der Waals surface area contributed by atoms with Gasteiger partial charge >= 0.3 is 0 Å². The van der Waals surface area contributed by atoms with E-state index in [-0.39, 0.29) is 11.9 Å². The number of rotatable bonds is 5. The summed E-state index contributed by atoms with van der Waals surface area (Å²) in [6.45, 7) is 7.03. The molecule has 0 aromatic heterocycles. The van der Waals surface area contributed by atoms with Crippen LogP contribution in [0, 0.1) is 19.7 Å². The molecule has 0 bridgehead atoms. The van der Waals surface area contributed by atoms with E-state index in [9.17, 15) is 4.39 Å². The summed E-state index contributed by atoms with van der Waals surface area (Å²) < 4.78 is 13.5. The highest BCUT2D eigenvalue weighted by Gasteiger charge is 2.15. The Morgan fingerprint density at radius 2 is 1.76 bits per heavy atom. The smallest absolute Gasteiger partial charge is 0.123 e. The van der Waals surface area contributed by atoms with E-state index in [1.807, 2.05) is 6.92 Å². The minimum Gasteiger partial charge on any atom is -0.310 e. The van der Waals surface area contributed by atoms with Crippen LogP contribution in [-0.4, -0.2) is 6.54 Å². The maximum atomic E-state index is 13.5. The highest BCUT2D eigenvalue weighted by Crippen LogP contribution is 2.27. The summed E-state index contributed by atoms with van der Waals surface area (Å²) >= 11 is 6.25. The van der Waals surface area contributed by atoms with Gasteiger partial charge in [-0.15, -0.1) is 0 Å². The van der Waals surface area contributed by atoms with E-state index < -0.39 is 0 Å². The molecular formula is C18H21ClFN. The predicted octanol–water partition coefficient (Wildman–Crippen LogP) is 4.99. The number of benzene rings is 2. The average molecular weight is 306 g/mol. The molecular weight excluding hydrogens is 285 g/mol. The van der Waals surface area contributed by atoms with E-state index >= 15 is 0 Å². The number of aryl methyl sites for hydroxylation is 2. The van der Waals surface area contributed by atoms with Crippen LogP contribution in [0.4, 0.5) is 4.39 Å². The third-order valence-corrected chi connectivity index (χ3v) is 3.85.